The molecule has 1 aromatic heterocycles. The Balaban J connectivity index is 1.51. The van der Waals surface area contributed by atoms with Crippen molar-refractivity contribution in [1.82, 2.24) is 15.0 Å². The molecule has 0 spiro atoms. The number of sulfonamides is 1. The fourth-order valence-corrected chi connectivity index (χ4v) is 5.28. The van der Waals surface area contributed by atoms with Crippen molar-refractivity contribution in [2.75, 3.05) is 13.7 Å². The van der Waals surface area contributed by atoms with Gasteiger partial charge in [0.25, 0.3) is 0 Å². The van der Waals surface area contributed by atoms with Gasteiger partial charge in [0.05, 0.1) is 12.0 Å². The van der Waals surface area contributed by atoms with Crippen molar-refractivity contribution in [2.45, 2.75) is 23.8 Å². The monoisotopic (exact) mass is 555 g/mol. The summed E-state index contributed by atoms with van der Waals surface area (Å²) < 4.78 is 34.7. The highest BCUT2D eigenvalue weighted by Crippen LogP contribution is 2.21. The zero-order valence-electron chi connectivity index (χ0n) is 19.1. The molecule has 0 radical (unpaired) electrons. The van der Waals surface area contributed by atoms with Crippen LogP contribution in [-0.4, -0.2) is 39.0 Å². The summed E-state index contributed by atoms with van der Waals surface area (Å²) in [6, 6.07) is 20.6. The minimum atomic E-state index is -3.92. The maximum Gasteiger partial charge on any atom is 0.241 e. The highest BCUT2D eigenvalue weighted by Gasteiger charge is 2.27. The first kappa shape index (κ1) is 25.0. The summed E-state index contributed by atoms with van der Waals surface area (Å²) in [6.45, 7) is 0.371. The minimum absolute atomic E-state index is 0.0932. The molecule has 4 rings (SSSR count). The first-order valence-electron chi connectivity index (χ1n) is 11.1. The number of amides is 1. The highest BCUT2D eigenvalue weighted by molar-refractivity contribution is 9.10. The Hall–Kier alpha value is -3.14. The van der Waals surface area contributed by atoms with E-state index in [0.29, 0.717) is 13.0 Å². The number of carbonyl (C=O) groups is 1. The molecule has 0 aliphatic rings. The lowest BCUT2D eigenvalue weighted by atomic mass is 10.0. The Labute approximate surface area is 213 Å². The molecule has 3 aromatic carbocycles. The summed E-state index contributed by atoms with van der Waals surface area (Å²) in [5.41, 5.74) is 2.82. The maximum atomic E-state index is 13.2. The second-order valence-electron chi connectivity index (χ2n) is 8.08. The van der Waals surface area contributed by atoms with Gasteiger partial charge in [-0.2, -0.15) is 4.72 Å². The zero-order valence-corrected chi connectivity index (χ0v) is 21.5. The van der Waals surface area contributed by atoms with Gasteiger partial charge in [-0.25, -0.2) is 8.42 Å². The van der Waals surface area contributed by atoms with Crippen molar-refractivity contribution in [3.05, 3.63) is 94.6 Å². The summed E-state index contributed by atoms with van der Waals surface area (Å²) in [5.74, 6) is 0.378. The van der Waals surface area contributed by atoms with Crippen LogP contribution in [0.15, 0.2) is 88.4 Å². The molecule has 0 aliphatic carbocycles. The van der Waals surface area contributed by atoms with Gasteiger partial charge in [0, 0.05) is 28.1 Å². The Morgan fingerprint density at radius 3 is 2.46 bits per heavy atom. The fraction of sp³-hybridized carbons (Fsp3) is 0.192. The lowest BCUT2D eigenvalue weighted by Gasteiger charge is -2.19. The summed E-state index contributed by atoms with van der Waals surface area (Å²) >= 11 is 3.31. The summed E-state index contributed by atoms with van der Waals surface area (Å²) in [5, 5.41) is 3.84. The normalized spacial score (nSPS) is 12.4. The van der Waals surface area contributed by atoms with Crippen molar-refractivity contribution >= 4 is 42.8 Å². The van der Waals surface area contributed by atoms with Crippen LogP contribution < -0.4 is 14.8 Å². The van der Waals surface area contributed by atoms with E-state index in [2.05, 4.69) is 31.0 Å². The number of rotatable bonds is 10. The van der Waals surface area contributed by atoms with E-state index in [1.54, 1.807) is 19.2 Å². The summed E-state index contributed by atoms with van der Waals surface area (Å²) in [6.07, 6.45) is 2.62. The van der Waals surface area contributed by atoms with Gasteiger partial charge in [0.1, 0.15) is 11.8 Å². The van der Waals surface area contributed by atoms with Crippen LogP contribution in [0, 0.1) is 0 Å². The average molecular weight is 556 g/mol. The van der Waals surface area contributed by atoms with Gasteiger partial charge < -0.3 is 15.0 Å². The molecule has 0 bridgehead atoms. The van der Waals surface area contributed by atoms with Crippen molar-refractivity contribution < 1.29 is 17.9 Å². The largest absolute Gasteiger partial charge is 0.497 e. The summed E-state index contributed by atoms with van der Waals surface area (Å²) in [7, 11) is -2.31. The number of H-pyrrole nitrogens is 1. The molecule has 182 valence electrons. The first-order chi connectivity index (χ1) is 16.9. The van der Waals surface area contributed by atoms with Gasteiger partial charge in [-0.3, -0.25) is 4.79 Å². The minimum Gasteiger partial charge on any atom is -0.497 e. The molecule has 0 aliphatic heterocycles. The van der Waals surface area contributed by atoms with Gasteiger partial charge in [-0.05, 0) is 66.4 Å². The van der Waals surface area contributed by atoms with E-state index < -0.39 is 16.1 Å². The first-order valence-corrected chi connectivity index (χ1v) is 13.4. The van der Waals surface area contributed by atoms with Gasteiger partial charge in [0.15, 0.2) is 0 Å². The molecule has 3 N–H and O–H groups in total. The number of hydrogen-bond acceptors (Lipinski definition) is 4. The molecule has 35 heavy (non-hydrogen) atoms. The molecule has 4 aromatic rings. The predicted octanol–water partition coefficient (Wildman–Crippen LogP) is 4.19. The number of methoxy groups -OCH3 is 1. The van der Waals surface area contributed by atoms with Crippen molar-refractivity contribution in [3.63, 3.8) is 0 Å². The average Bonchev–Trinajstić information content (AvgIpc) is 3.27. The Bertz CT molecular complexity index is 1400. The number of benzene rings is 3. The van der Waals surface area contributed by atoms with E-state index in [1.807, 2.05) is 54.7 Å². The Morgan fingerprint density at radius 2 is 1.74 bits per heavy atom. The third-order valence-electron chi connectivity index (χ3n) is 5.71. The number of para-hydroxylation sites is 1. The smallest absolute Gasteiger partial charge is 0.241 e. The molecule has 7 nitrogen and oxygen atoms in total. The number of carbonyl (C=O) groups excluding carboxylic acids is 1. The number of ether oxygens (including phenoxy) is 1. The highest BCUT2D eigenvalue weighted by atomic mass is 79.9. The second kappa shape index (κ2) is 11.1. The number of aromatic nitrogens is 1. The molecule has 0 fully saturated rings. The summed E-state index contributed by atoms with van der Waals surface area (Å²) in [4.78, 5) is 16.5. The van der Waals surface area contributed by atoms with Crippen molar-refractivity contribution in [1.29, 1.82) is 0 Å². The topological polar surface area (TPSA) is 100 Å². The molecule has 1 heterocycles. The van der Waals surface area contributed by atoms with E-state index in [1.165, 1.54) is 12.1 Å². The number of aromatic amines is 1. The van der Waals surface area contributed by atoms with Crippen LogP contribution in [0.2, 0.25) is 0 Å². The van der Waals surface area contributed by atoms with Crippen LogP contribution >= 0.6 is 15.9 Å². The molecular weight excluding hydrogens is 530 g/mol. The van der Waals surface area contributed by atoms with Gasteiger partial charge >= 0.3 is 0 Å². The van der Waals surface area contributed by atoms with Crippen molar-refractivity contribution in [2.24, 2.45) is 0 Å². The third-order valence-corrected chi connectivity index (χ3v) is 7.73. The quantitative estimate of drug-likeness (QED) is 0.273. The molecular formula is C26H26BrN3O4S. The molecule has 0 unspecified atom stereocenters. The Kier molecular flexibility index (Phi) is 7.90. The third kappa shape index (κ3) is 6.30. The van der Waals surface area contributed by atoms with E-state index in [9.17, 15) is 13.2 Å². The maximum absolute atomic E-state index is 13.2. The number of halogens is 1. The van der Waals surface area contributed by atoms with Gasteiger partial charge in [-0.1, -0.05) is 46.3 Å². The number of hydrogen-bond donors (Lipinski definition) is 3. The lowest BCUT2D eigenvalue weighted by molar-refractivity contribution is -0.122. The molecule has 0 saturated carbocycles. The zero-order chi connectivity index (χ0) is 24.8. The van der Waals surface area contributed by atoms with Crippen LogP contribution in [0.25, 0.3) is 10.9 Å². The Morgan fingerprint density at radius 1 is 1.03 bits per heavy atom. The van der Waals surface area contributed by atoms with Crippen LogP contribution in [0.4, 0.5) is 0 Å². The molecule has 1 atom stereocenters. The van der Waals surface area contributed by atoms with E-state index in [4.69, 9.17) is 4.74 Å². The van der Waals surface area contributed by atoms with Crippen LogP contribution in [0.1, 0.15) is 11.1 Å². The van der Waals surface area contributed by atoms with E-state index in [-0.39, 0.29) is 17.2 Å². The van der Waals surface area contributed by atoms with E-state index >= 15 is 0 Å². The fourth-order valence-electron chi connectivity index (χ4n) is 3.82. The molecule has 1 amide bonds. The van der Waals surface area contributed by atoms with Gasteiger partial charge in [-0.15, -0.1) is 0 Å². The van der Waals surface area contributed by atoms with Crippen LogP contribution in [-0.2, 0) is 27.7 Å². The number of nitrogens with one attached hydrogen (secondary N) is 3. The van der Waals surface area contributed by atoms with Crippen LogP contribution in [0.3, 0.4) is 0 Å². The standard InChI is InChI=1S/C26H26BrN3O4S/c1-34-21-10-6-18(7-11-21)14-15-28-26(31)25(16-19-17-29-24-5-3-2-4-23(19)24)30-35(32,33)22-12-8-20(27)9-13-22/h2-13,17,25,29-30H,14-16H2,1H3,(H,28,31)/t25-/m0/s1. The second-order valence-corrected chi connectivity index (χ2v) is 10.7. The van der Waals surface area contributed by atoms with E-state index in [0.717, 1.165) is 32.3 Å². The lowest BCUT2D eigenvalue weighted by Crippen LogP contribution is -2.48. The van der Waals surface area contributed by atoms with Gasteiger partial charge in [0.2, 0.25) is 15.9 Å². The predicted molar refractivity (Wildman–Crippen MR) is 140 cm³/mol. The molecule has 0 saturated heterocycles. The van der Waals surface area contributed by atoms with Crippen LogP contribution in [0.5, 0.6) is 5.75 Å². The van der Waals surface area contributed by atoms with Crippen molar-refractivity contribution in [3.8, 4) is 5.75 Å². The molecule has 9 heteroatoms. The number of fused-ring (bicyclic) bond motifs is 1. The SMILES string of the molecule is COc1ccc(CCNC(=O)[C@H](Cc2c[nH]c3ccccc23)NS(=O)(=O)c2ccc(Br)cc2)cc1.